The summed E-state index contributed by atoms with van der Waals surface area (Å²) < 4.78 is 6.17. The quantitative estimate of drug-likeness (QED) is 0.233. The van der Waals surface area contributed by atoms with Crippen molar-refractivity contribution >= 4 is 17.7 Å². The van der Waals surface area contributed by atoms with Crippen molar-refractivity contribution in [2.75, 3.05) is 6.54 Å². The fraction of sp³-hybridized carbons (Fsp3) is 0.791. The number of carboxylic acids is 1. The average molecular weight is 702 g/mol. The number of hydrogen-bond donors (Lipinski definition) is 2. The molecule has 6 aliphatic carbocycles. The number of carboxylic acid groups (broad SMARTS) is 1. The Kier molecular flexibility index (Phi) is 8.99. The van der Waals surface area contributed by atoms with Crippen LogP contribution in [0, 0.1) is 56.7 Å². The van der Waals surface area contributed by atoms with Crippen LogP contribution in [0.2, 0.25) is 0 Å². The predicted molar refractivity (Wildman–Crippen MR) is 196 cm³/mol. The molecule has 6 aliphatic rings. The van der Waals surface area contributed by atoms with Crippen LogP contribution >= 0.6 is 0 Å². The summed E-state index contributed by atoms with van der Waals surface area (Å²) in [6, 6.07) is 1.88. The lowest BCUT2D eigenvalue weighted by atomic mass is 9.36. The molecule has 5 fully saturated rings. The molecule has 8 heteroatoms. The van der Waals surface area contributed by atoms with Crippen molar-refractivity contribution in [1.29, 1.82) is 0 Å². The highest BCUT2D eigenvalue weighted by atomic mass is 16.5. The van der Waals surface area contributed by atoms with Gasteiger partial charge in [0, 0.05) is 29.6 Å². The molecule has 5 saturated carbocycles. The van der Waals surface area contributed by atoms with Gasteiger partial charge in [0.25, 0.3) is 0 Å². The van der Waals surface area contributed by atoms with E-state index >= 15 is 0 Å². The van der Waals surface area contributed by atoms with E-state index in [2.05, 4.69) is 56.8 Å². The second-order valence-electron chi connectivity index (χ2n) is 19.9. The summed E-state index contributed by atoms with van der Waals surface area (Å²) in [5, 5.41) is 13.5. The van der Waals surface area contributed by atoms with Crippen LogP contribution in [0.3, 0.4) is 0 Å². The maximum atomic E-state index is 14.0. The van der Waals surface area contributed by atoms with Gasteiger partial charge in [-0.3, -0.25) is 14.4 Å². The first-order valence-electron chi connectivity index (χ1n) is 20.1. The van der Waals surface area contributed by atoms with E-state index in [0.29, 0.717) is 35.9 Å². The van der Waals surface area contributed by atoms with Crippen molar-refractivity contribution < 1.29 is 24.2 Å². The highest BCUT2D eigenvalue weighted by molar-refractivity contribution is 6.00. The van der Waals surface area contributed by atoms with Crippen molar-refractivity contribution in [2.45, 2.75) is 151 Å². The molecule has 1 aromatic heterocycles. The maximum Gasteiger partial charge on any atom is 0.309 e. The molecule has 2 N–H and O–H groups in total. The number of Topliss-reactive ketones (excluding diaryl/α,β-unsaturated/α-hetero) is 1. The largest absolute Gasteiger partial charge is 0.481 e. The number of hydrogen-bond acceptors (Lipinski definition) is 7. The second kappa shape index (κ2) is 12.5. The van der Waals surface area contributed by atoms with E-state index in [9.17, 15) is 19.5 Å². The highest BCUT2D eigenvalue weighted by Crippen LogP contribution is 2.73. The molecule has 8 unspecified atom stereocenters. The van der Waals surface area contributed by atoms with Crippen LogP contribution in [-0.2, 0) is 24.7 Å². The Balaban J connectivity index is 1.11. The molecule has 0 saturated heterocycles. The molecule has 1 heterocycles. The van der Waals surface area contributed by atoms with E-state index in [0.717, 1.165) is 69.3 Å². The summed E-state index contributed by atoms with van der Waals surface area (Å²) in [6.45, 7) is 18.3. The molecule has 0 amide bonds. The molecule has 51 heavy (non-hydrogen) atoms. The first-order valence-corrected chi connectivity index (χ1v) is 20.1. The Bertz CT molecular complexity index is 1600. The third kappa shape index (κ3) is 5.83. The standard InChI is InChI=1S/C43H63N3O5/c1-26(2)34-29(47)24-42(20-23-46-43(18-19-43)36-44-21-9-22-45-36)17-12-28-27(35(34)42)10-11-31-40(28,7)15-13-30-39(5,6)32(14-16-41(30,31)8)51-33(48)25-38(3,4)37(49)50/h9,21-22,26-28,30-32,46H,10-20,23-25H2,1-8H3,(H,49,50). The van der Waals surface area contributed by atoms with Gasteiger partial charge in [-0.2, -0.15) is 0 Å². The topological polar surface area (TPSA) is 118 Å². The highest BCUT2D eigenvalue weighted by Gasteiger charge is 2.66. The molecule has 8 nitrogen and oxygen atoms in total. The Labute approximate surface area is 305 Å². The molecular formula is C43H63N3O5. The third-order valence-electron chi connectivity index (χ3n) is 15.9. The zero-order valence-electron chi connectivity index (χ0n) is 32.6. The molecule has 0 radical (unpaired) electrons. The van der Waals surface area contributed by atoms with Crippen LogP contribution in [0.15, 0.2) is 29.6 Å². The first-order chi connectivity index (χ1) is 23.9. The predicted octanol–water partition coefficient (Wildman–Crippen LogP) is 8.45. The van der Waals surface area contributed by atoms with Crippen molar-refractivity contribution in [3.63, 3.8) is 0 Å². The molecule has 1 aromatic rings. The number of nitrogens with one attached hydrogen (secondary N) is 1. The van der Waals surface area contributed by atoms with E-state index in [4.69, 9.17) is 4.74 Å². The molecule has 8 atom stereocenters. The number of aliphatic carboxylic acids is 1. The minimum atomic E-state index is -1.14. The number of ketones is 1. The molecule has 0 aromatic carbocycles. The number of carbonyl (C=O) groups is 3. The summed E-state index contributed by atoms with van der Waals surface area (Å²) in [5.41, 5.74) is 1.56. The summed E-state index contributed by atoms with van der Waals surface area (Å²) in [4.78, 5) is 47.9. The number of carbonyl (C=O) groups excluding carboxylic acids is 2. The minimum Gasteiger partial charge on any atom is -0.481 e. The maximum absolute atomic E-state index is 14.0. The van der Waals surface area contributed by atoms with E-state index < -0.39 is 17.4 Å². The molecule has 0 aliphatic heterocycles. The molecule has 280 valence electrons. The van der Waals surface area contributed by atoms with Gasteiger partial charge in [-0.25, -0.2) is 9.97 Å². The number of allylic oxidation sites excluding steroid dienone is 2. The van der Waals surface area contributed by atoms with Crippen LogP contribution in [0.25, 0.3) is 0 Å². The van der Waals surface area contributed by atoms with E-state index in [1.54, 1.807) is 19.4 Å². The molecular weight excluding hydrogens is 638 g/mol. The fourth-order valence-corrected chi connectivity index (χ4v) is 13.3. The number of ether oxygens (including phenoxy) is 1. The van der Waals surface area contributed by atoms with Gasteiger partial charge in [0.1, 0.15) is 11.9 Å². The van der Waals surface area contributed by atoms with Crippen molar-refractivity contribution in [1.82, 2.24) is 15.3 Å². The van der Waals surface area contributed by atoms with E-state index in [-0.39, 0.29) is 45.6 Å². The van der Waals surface area contributed by atoms with Gasteiger partial charge in [-0.15, -0.1) is 0 Å². The van der Waals surface area contributed by atoms with Gasteiger partial charge in [0.2, 0.25) is 0 Å². The lowest BCUT2D eigenvalue weighted by Crippen LogP contribution is -2.63. The van der Waals surface area contributed by atoms with Gasteiger partial charge < -0.3 is 15.2 Å². The molecule has 0 spiro atoms. The van der Waals surface area contributed by atoms with Crippen molar-refractivity contribution in [3.05, 3.63) is 35.4 Å². The van der Waals surface area contributed by atoms with Crippen molar-refractivity contribution in [2.24, 2.45) is 56.7 Å². The minimum absolute atomic E-state index is 0.0398. The van der Waals surface area contributed by atoms with Crippen LogP contribution in [-0.4, -0.2) is 45.4 Å². The van der Waals surface area contributed by atoms with E-state index in [1.807, 2.05) is 18.5 Å². The van der Waals surface area contributed by atoms with Crippen molar-refractivity contribution in [3.8, 4) is 0 Å². The number of rotatable bonds is 10. The summed E-state index contributed by atoms with van der Waals surface area (Å²) in [7, 11) is 0. The van der Waals surface area contributed by atoms with Gasteiger partial charge in [0.15, 0.2) is 5.78 Å². The zero-order valence-corrected chi connectivity index (χ0v) is 32.6. The molecule has 7 rings (SSSR count). The summed E-state index contributed by atoms with van der Waals surface area (Å²) in [5.74, 6) is 2.23. The normalized spacial score (nSPS) is 38.0. The van der Waals surface area contributed by atoms with Gasteiger partial charge in [-0.05, 0) is 143 Å². The van der Waals surface area contributed by atoms with Crippen LogP contribution in [0.5, 0.6) is 0 Å². The number of fused-ring (bicyclic) bond motifs is 7. The van der Waals surface area contributed by atoms with Gasteiger partial charge >= 0.3 is 11.9 Å². The van der Waals surface area contributed by atoms with Crippen LogP contribution in [0.4, 0.5) is 0 Å². The smallest absolute Gasteiger partial charge is 0.309 e. The Hall–Kier alpha value is -2.61. The molecule has 0 bridgehead atoms. The van der Waals surface area contributed by atoms with Gasteiger partial charge in [0.05, 0.1) is 17.4 Å². The Morgan fingerprint density at radius 3 is 2.27 bits per heavy atom. The van der Waals surface area contributed by atoms with Crippen LogP contribution in [0.1, 0.15) is 145 Å². The Morgan fingerprint density at radius 1 is 0.941 bits per heavy atom. The van der Waals surface area contributed by atoms with E-state index in [1.165, 1.54) is 19.3 Å². The second-order valence-corrected chi connectivity index (χ2v) is 19.9. The average Bonchev–Trinajstić information content (AvgIpc) is 3.77. The first kappa shape index (κ1) is 36.7. The number of aromatic nitrogens is 2. The summed E-state index contributed by atoms with van der Waals surface area (Å²) >= 11 is 0. The number of esters is 1. The summed E-state index contributed by atoms with van der Waals surface area (Å²) in [6.07, 6.45) is 15.9. The zero-order chi connectivity index (χ0) is 36.8. The Morgan fingerprint density at radius 2 is 1.63 bits per heavy atom. The SMILES string of the molecule is CC(C)C1=C2C3CCC4C(C)(CCC5C(C)(C)C(OC(=O)CC(C)(C)C(=O)O)CCC54C)C3CCC2(CCNC2(c3ncccn3)CC2)CC1=O. The van der Waals surface area contributed by atoms with Gasteiger partial charge in [-0.1, -0.05) is 47.1 Å². The fourth-order valence-electron chi connectivity index (χ4n) is 13.3. The van der Waals surface area contributed by atoms with Crippen LogP contribution < -0.4 is 5.32 Å². The monoisotopic (exact) mass is 701 g/mol. The lowest BCUT2D eigenvalue weighted by Gasteiger charge is -2.69. The number of nitrogens with zero attached hydrogens (tertiary/aromatic N) is 2. The third-order valence-corrected chi connectivity index (χ3v) is 15.9. The lowest BCUT2D eigenvalue weighted by molar-refractivity contribution is -0.213.